The predicted octanol–water partition coefficient (Wildman–Crippen LogP) is 3.72. The monoisotopic (exact) mass is 412 g/mol. The van der Waals surface area contributed by atoms with Gasteiger partial charge in [0.1, 0.15) is 0 Å². The van der Waals surface area contributed by atoms with Crippen LogP contribution in [0.5, 0.6) is 0 Å². The molecule has 1 aromatic heterocycles. The van der Waals surface area contributed by atoms with Gasteiger partial charge in [-0.3, -0.25) is 9.59 Å². The molecule has 4 aromatic rings. The number of amides is 1. The molecular weight excluding hydrogens is 388 g/mol. The van der Waals surface area contributed by atoms with E-state index in [9.17, 15) is 9.59 Å². The Morgan fingerprint density at radius 3 is 2.10 bits per heavy atom. The fraction of sp³-hybridized carbons (Fsp3) is 0.160. The van der Waals surface area contributed by atoms with Crippen LogP contribution in [0.3, 0.4) is 0 Å². The highest BCUT2D eigenvalue weighted by Gasteiger charge is 2.20. The maximum Gasteiger partial charge on any atom is 0.279 e. The first-order chi connectivity index (χ1) is 15.0. The molecule has 0 aliphatic heterocycles. The van der Waals surface area contributed by atoms with Crippen molar-refractivity contribution in [3.05, 3.63) is 100 Å². The zero-order valence-corrected chi connectivity index (χ0v) is 17.8. The van der Waals surface area contributed by atoms with Crippen molar-refractivity contribution < 1.29 is 4.79 Å². The number of para-hydroxylation sites is 1. The Bertz CT molecular complexity index is 1280. The Morgan fingerprint density at radius 1 is 0.839 bits per heavy atom. The molecule has 0 atom stereocenters. The second-order valence-electron chi connectivity index (χ2n) is 7.67. The van der Waals surface area contributed by atoms with Crippen LogP contribution in [0.15, 0.2) is 83.7 Å². The van der Waals surface area contributed by atoms with Crippen LogP contribution in [0, 0.1) is 0 Å². The van der Waals surface area contributed by atoms with Gasteiger partial charge in [0, 0.05) is 38.8 Å². The number of hydrogen-bond donors (Lipinski definition) is 0. The van der Waals surface area contributed by atoms with E-state index >= 15 is 0 Å². The molecule has 0 spiro atoms. The van der Waals surface area contributed by atoms with Crippen molar-refractivity contribution in [3.63, 3.8) is 0 Å². The molecular formula is C25H24N4O2. The lowest BCUT2D eigenvalue weighted by Crippen LogP contribution is -2.31. The number of carbonyl (C=O) groups is 1. The van der Waals surface area contributed by atoms with E-state index in [0.29, 0.717) is 23.0 Å². The predicted molar refractivity (Wildman–Crippen MR) is 124 cm³/mol. The number of nitrogens with zero attached hydrogens (tertiary/aromatic N) is 4. The van der Waals surface area contributed by atoms with E-state index in [1.165, 1.54) is 4.68 Å². The Morgan fingerprint density at radius 2 is 1.45 bits per heavy atom. The molecule has 6 nitrogen and oxygen atoms in total. The zero-order valence-electron chi connectivity index (χ0n) is 17.8. The number of benzene rings is 3. The van der Waals surface area contributed by atoms with E-state index in [1.54, 1.807) is 42.3 Å². The van der Waals surface area contributed by atoms with Gasteiger partial charge >= 0.3 is 0 Å². The summed E-state index contributed by atoms with van der Waals surface area (Å²) < 4.78 is 1.30. The molecule has 4 rings (SSSR count). The molecule has 156 valence electrons. The number of carbonyl (C=O) groups excluding carboxylic acids is 1. The van der Waals surface area contributed by atoms with Gasteiger partial charge in [-0.05, 0) is 35.9 Å². The lowest BCUT2D eigenvalue weighted by atomic mass is 10.1. The average molecular weight is 412 g/mol. The standard InChI is InChI=1S/C25H24N4O2/c1-27(2)19-15-13-18(14-16-19)17-28(3)25(31)23-21-11-7-8-12-22(21)24(30)29(26-23)20-9-5-4-6-10-20/h4-16H,17H2,1-3H3. The van der Waals surface area contributed by atoms with Crippen LogP contribution in [0.25, 0.3) is 16.5 Å². The normalized spacial score (nSPS) is 10.8. The van der Waals surface area contributed by atoms with E-state index in [1.807, 2.05) is 67.5 Å². The number of aromatic nitrogens is 2. The van der Waals surface area contributed by atoms with Crippen molar-refractivity contribution in [2.24, 2.45) is 0 Å². The van der Waals surface area contributed by atoms with Crippen LogP contribution in [0.1, 0.15) is 16.1 Å². The minimum atomic E-state index is -0.250. The molecule has 0 aliphatic rings. The maximum absolute atomic E-state index is 13.4. The van der Waals surface area contributed by atoms with Gasteiger partial charge in [0.05, 0.1) is 11.1 Å². The summed E-state index contributed by atoms with van der Waals surface area (Å²) in [5.41, 5.74) is 2.74. The quantitative estimate of drug-likeness (QED) is 0.501. The summed E-state index contributed by atoms with van der Waals surface area (Å²) in [4.78, 5) is 30.0. The molecule has 0 bridgehead atoms. The lowest BCUT2D eigenvalue weighted by molar-refractivity contribution is 0.0779. The molecule has 0 saturated heterocycles. The molecule has 0 N–H and O–H groups in total. The van der Waals surface area contributed by atoms with Crippen molar-refractivity contribution in [1.29, 1.82) is 0 Å². The van der Waals surface area contributed by atoms with Crippen LogP contribution in [0.2, 0.25) is 0 Å². The highest BCUT2D eigenvalue weighted by molar-refractivity contribution is 6.04. The number of hydrogen-bond acceptors (Lipinski definition) is 4. The third kappa shape index (κ3) is 4.05. The number of anilines is 1. The summed E-state index contributed by atoms with van der Waals surface area (Å²) in [5, 5.41) is 5.50. The molecule has 0 unspecified atom stereocenters. The van der Waals surface area contributed by atoms with Crippen molar-refractivity contribution in [2.75, 3.05) is 26.0 Å². The van der Waals surface area contributed by atoms with Crippen molar-refractivity contribution in [3.8, 4) is 5.69 Å². The maximum atomic E-state index is 13.4. The topological polar surface area (TPSA) is 58.4 Å². The first kappa shape index (κ1) is 20.3. The molecule has 0 aliphatic carbocycles. The minimum absolute atomic E-state index is 0.238. The van der Waals surface area contributed by atoms with E-state index in [2.05, 4.69) is 5.10 Å². The summed E-state index contributed by atoms with van der Waals surface area (Å²) in [5.74, 6) is -0.238. The number of rotatable bonds is 5. The van der Waals surface area contributed by atoms with E-state index in [0.717, 1.165) is 11.3 Å². The summed E-state index contributed by atoms with van der Waals surface area (Å²) in [7, 11) is 5.73. The van der Waals surface area contributed by atoms with Crippen LogP contribution in [-0.2, 0) is 6.54 Å². The molecule has 1 amide bonds. The third-order valence-electron chi connectivity index (χ3n) is 5.23. The van der Waals surface area contributed by atoms with Crippen LogP contribution in [0.4, 0.5) is 5.69 Å². The zero-order chi connectivity index (χ0) is 22.0. The molecule has 3 aromatic carbocycles. The molecule has 6 heteroatoms. The highest BCUT2D eigenvalue weighted by atomic mass is 16.2. The van der Waals surface area contributed by atoms with E-state index < -0.39 is 0 Å². The lowest BCUT2D eigenvalue weighted by Gasteiger charge is -2.19. The molecule has 0 fully saturated rings. The Balaban J connectivity index is 1.73. The van der Waals surface area contributed by atoms with Crippen LogP contribution >= 0.6 is 0 Å². The smallest absolute Gasteiger partial charge is 0.279 e. The largest absolute Gasteiger partial charge is 0.378 e. The van der Waals surface area contributed by atoms with Gasteiger partial charge in [-0.1, -0.05) is 48.5 Å². The Labute approximate surface area is 181 Å². The highest BCUT2D eigenvalue weighted by Crippen LogP contribution is 2.18. The van der Waals surface area contributed by atoms with Gasteiger partial charge in [-0.15, -0.1) is 0 Å². The van der Waals surface area contributed by atoms with Gasteiger partial charge in [0.2, 0.25) is 0 Å². The second kappa shape index (κ2) is 8.44. The second-order valence-corrected chi connectivity index (χ2v) is 7.67. The Kier molecular flexibility index (Phi) is 5.54. The van der Waals surface area contributed by atoms with Crippen molar-refractivity contribution >= 4 is 22.4 Å². The van der Waals surface area contributed by atoms with Gasteiger partial charge in [0.25, 0.3) is 11.5 Å². The summed E-state index contributed by atoms with van der Waals surface area (Å²) in [6.45, 7) is 0.438. The number of fused-ring (bicyclic) bond motifs is 1. The molecule has 0 radical (unpaired) electrons. The van der Waals surface area contributed by atoms with Crippen LogP contribution < -0.4 is 10.5 Å². The molecule has 1 heterocycles. The first-order valence-corrected chi connectivity index (χ1v) is 10.0. The fourth-order valence-corrected chi connectivity index (χ4v) is 3.52. The SMILES string of the molecule is CN(Cc1ccc(N(C)C)cc1)C(=O)c1nn(-c2ccccc2)c(=O)c2ccccc12. The first-order valence-electron chi connectivity index (χ1n) is 10.0. The molecule has 31 heavy (non-hydrogen) atoms. The van der Waals surface area contributed by atoms with Crippen molar-refractivity contribution in [2.45, 2.75) is 6.54 Å². The van der Waals surface area contributed by atoms with Crippen LogP contribution in [-0.4, -0.2) is 41.7 Å². The third-order valence-corrected chi connectivity index (χ3v) is 5.23. The Hall–Kier alpha value is -3.93. The fourth-order valence-electron chi connectivity index (χ4n) is 3.52. The molecule has 0 saturated carbocycles. The van der Waals surface area contributed by atoms with Gasteiger partial charge in [-0.25, -0.2) is 0 Å². The van der Waals surface area contributed by atoms with E-state index in [4.69, 9.17) is 0 Å². The van der Waals surface area contributed by atoms with E-state index in [-0.39, 0.29) is 17.2 Å². The van der Waals surface area contributed by atoms with Gasteiger partial charge in [0.15, 0.2) is 5.69 Å². The van der Waals surface area contributed by atoms with Gasteiger partial charge in [-0.2, -0.15) is 9.78 Å². The summed E-state index contributed by atoms with van der Waals surface area (Å²) in [6, 6.07) is 24.3. The minimum Gasteiger partial charge on any atom is -0.378 e. The summed E-state index contributed by atoms with van der Waals surface area (Å²) >= 11 is 0. The average Bonchev–Trinajstić information content (AvgIpc) is 2.80. The van der Waals surface area contributed by atoms with Crippen molar-refractivity contribution in [1.82, 2.24) is 14.7 Å². The van der Waals surface area contributed by atoms with Gasteiger partial charge < -0.3 is 9.80 Å². The summed E-state index contributed by atoms with van der Waals surface area (Å²) in [6.07, 6.45) is 0.